The number of nitrogens with zero attached hydrogens (tertiary/aromatic N) is 2. The average Bonchev–Trinajstić information content (AvgIpc) is 3.09. The number of hydrogen-bond acceptors (Lipinski definition) is 8. The Morgan fingerprint density at radius 3 is 2.54 bits per heavy atom. The maximum absolute atomic E-state index is 12.3. The highest BCUT2D eigenvalue weighted by Crippen LogP contribution is 2.30. The molecule has 3 saturated heterocycles. The molecule has 4 atom stereocenters. The molecule has 4 amide bonds. The Bertz CT molecular complexity index is 714. The van der Waals surface area contributed by atoms with Gasteiger partial charge in [-0.25, -0.2) is 4.79 Å². The zero-order chi connectivity index (χ0) is 19.1. The zero-order valence-corrected chi connectivity index (χ0v) is 14.3. The minimum Gasteiger partial charge on any atom is -0.392 e. The molecule has 26 heavy (non-hydrogen) atoms. The number of β-amino-alcohol motifs (C(OH)–C–C–N with tert-alkyl or cyclic N) is 1. The largest absolute Gasteiger partial charge is 0.418 e. The maximum Gasteiger partial charge on any atom is 0.418 e. The Balaban J connectivity index is 1.56. The van der Waals surface area contributed by atoms with E-state index >= 15 is 0 Å². The highest BCUT2D eigenvalue weighted by Gasteiger charge is 2.49. The molecule has 2 bridgehead atoms. The van der Waals surface area contributed by atoms with E-state index in [-0.39, 0.29) is 32.4 Å². The van der Waals surface area contributed by atoms with E-state index in [1.807, 2.05) is 0 Å². The quantitative estimate of drug-likeness (QED) is 0.244. The summed E-state index contributed by atoms with van der Waals surface area (Å²) in [7, 11) is -4.86. The predicted octanol–water partition coefficient (Wildman–Crippen LogP) is -3.14. The first-order valence-electron chi connectivity index (χ1n) is 7.93. The summed E-state index contributed by atoms with van der Waals surface area (Å²) in [5.74, 6) is -1.16. The summed E-state index contributed by atoms with van der Waals surface area (Å²) in [6.07, 6.45) is 0.0938. The Morgan fingerprint density at radius 2 is 1.92 bits per heavy atom. The highest BCUT2D eigenvalue weighted by molar-refractivity contribution is 7.80. The SMILES string of the molecule is O=C(NNC(=O)[C@H]1CC[C@@H]2CN1C(=O)N2OS(=O)(=O)O)[C@@H]1C[C@@H](O)CN1. The smallest absolute Gasteiger partial charge is 0.392 e. The molecule has 5 N–H and O–H groups in total. The number of amides is 4. The third-order valence-electron chi connectivity index (χ3n) is 4.53. The van der Waals surface area contributed by atoms with Crippen LogP contribution in [0.3, 0.4) is 0 Å². The van der Waals surface area contributed by atoms with Crippen LogP contribution in [0.2, 0.25) is 0 Å². The summed E-state index contributed by atoms with van der Waals surface area (Å²) in [6.45, 7) is 0.332. The first kappa shape index (κ1) is 18.8. The van der Waals surface area contributed by atoms with Crippen molar-refractivity contribution in [3.63, 3.8) is 0 Å². The first-order valence-corrected chi connectivity index (χ1v) is 9.30. The van der Waals surface area contributed by atoms with Gasteiger partial charge in [0.15, 0.2) is 0 Å². The summed E-state index contributed by atoms with van der Waals surface area (Å²) in [5, 5.41) is 12.7. The van der Waals surface area contributed by atoms with Gasteiger partial charge >= 0.3 is 16.4 Å². The second-order valence-corrected chi connectivity index (χ2v) is 7.34. The Kier molecular flexibility index (Phi) is 5.03. The van der Waals surface area contributed by atoms with Crippen molar-refractivity contribution in [2.24, 2.45) is 0 Å². The van der Waals surface area contributed by atoms with E-state index in [1.54, 1.807) is 0 Å². The van der Waals surface area contributed by atoms with Crippen LogP contribution in [-0.2, 0) is 24.3 Å². The van der Waals surface area contributed by atoms with E-state index in [0.717, 1.165) is 4.90 Å². The van der Waals surface area contributed by atoms with Crippen LogP contribution in [0.1, 0.15) is 19.3 Å². The standard InChI is InChI=1S/C12H19N5O8S/c18-7-3-8(13-4-7)10(19)14-15-11(20)9-2-1-6-5-16(9)12(21)17(6)25-26(22,23)24/h6-9,13,18H,1-5H2,(H,14,19)(H,15,20)(H,22,23,24)/t6-,7-,8+,9-/m1/s1. The third-order valence-corrected chi connectivity index (χ3v) is 4.88. The Labute approximate surface area is 148 Å². The molecule has 0 aromatic carbocycles. The summed E-state index contributed by atoms with van der Waals surface area (Å²) in [4.78, 5) is 37.5. The molecule has 0 radical (unpaired) electrons. The van der Waals surface area contributed by atoms with Crippen molar-refractivity contribution in [3.05, 3.63) is 0 Å². The fourth-order valence-electron chi connectivity index (χ4n) is 3.31. The number of piperidine rings is 1. The molecule has 3 rings (SSSR count). The van der Waals surface area contributed by atoms with Gasteiger partial charge < -0.3 is 15.3 Å². The van der Waals surface area contributed by atoms with E-state index in [4.69, 9.17) is 4.55 Å². The molecular formula is C12H19N5O8S. The number of hydrogen-bond donors (Lipinski definition) is 5. The van der Waals surface area contributed by atoms with E-state index in [2.05, 4.69) is 20.5 Å². The van der Waals surface area contributed by atoms with Crippen LogP contribution in [0.4, 0.5) is 4.79 Å². The van der Waals surface area contributed by atoms with Crippen LogP contribution in [0.25, 0.3) is 0 Å². The van der Waals surface area contributed by atoms with Gasteiger partial charge in [0.2, 0.25) is 0 Å². The second kappa shape index (κ2) is 6.96. The molecule has 146 valence electrons. The Hall–Kier alpha value is -2.00. The van der Waals surface area contributed by atoms with Gasteiger partial charge in [0.05, 0.1) is 18.2 Å². The van der Waals surface area contributed by atoms with Crippen LogP contribution < -0.4 is 16.2 Å². The molecule has 3 fully saturated rings. The first-order chi connectivity index (χ1) is 12.2. The highest BCUT2D eigenvalue weighted by atomic mass is 32.3. The van der Waals surface area contributed by atoms with Gasteiger partial charge in [-0.1, -0.05) is 0 Å². The number of rotatable bonds is 4. The van der Waals surface area contributed by atoms with Gasteiger partial charge in [-0.3, -0.25) is 25.0 Å². The van der Waals surface area contributed by atoms with Crippen LogP contribution in [0, 0.1) is 0 Å². The van der Waals surface area contributed by atoms with Gasteiger partial charge in [0, 0.05) is 13.1 Å². The molecule has 3 heterocycles. The number of aliphatic hydroxyl groups is 1. The molecule has 0 spiro atoms. The number of urea groups is 1. The fourth-order valence-corrected chi connectivity index (χ4v) is 3.70. The van der Waals surface area contributed by atoms with E-state index in [0.29, 0.717) is 5.06 Å². The van der Waals surface area contributed by atoms with Crippen molar-refractivity contribution in [2.45, 2.75) is 43.5 Å². The number of fused-ring (bicyclic) bond motifs is 2. The molecule has 0 saturated carbocycles. The van der Waals surface area contributed by atoms with Crippen LogP contribution in [0.5, 0.6) is 0 Å². The summed E-state index contributed by atoms with van der Waals surface area (Å²) in [6, 6.07) is -3.02. The van der Waals surface area contributed by atoms with Gasteiger partial charge in [-0.05, 0) is 19.3 Å². The van der Waals surface area contributed by atoms with Crippen LogP contribution in [0.15, 0.2) is 0 Å². The van der Waals surface area contributed by atoms with Crippen molar-refractivity contribution in [3.8, 4) is 0 Å². The molecule has 0 aromatic rings. The second-order valence-electron chi connectivity index (χ2n) is 6.34. The Morgan fingerprint density at radius 1 is 1.23 bits per heavy atom. The van der Waals surface area contributed by atoms with Crippen molar-refractivity contribution < 1.29 is 36.7 Å². The molecule has 0 aromatic heterocycles. The molecule has 13 nitrogen and oxygen atoms in total. The van der Waals surface area contributed by atoms with E-state index in [9.17, 15) is 27.9 Å². The summed E-state index contributed by atoms with van der Waals surface area (Å²) >= 11 is 0. The number of hydroxylamine groups is 2. The van der Waals surface area contributed by atoms with Crippen LogP contribution in [-0.4, -0.2) is 83.2 Å². The monoisotopic (exact) mass is 393 g/mol. The maximum atomic E-state index is 12.3. The topological polar surface area (TPSA) is 178 Å². The summed E-state index contributed by atoms with van der Waals surface area (Å²) < 4.78 is 34.7. The van der Waals surface area contributed by atoms with E-state index in [1.165, 1.54) is 0 Å². The molecule has 0 unspecified atom stereocenters. The number of hydrazine groups is 1. The van der Waals surface area contributed by atoms with Crippen molar-refractivity contribution >= 4 is 28.2 Å². The van der Waals surface area contributed by atoms with Crippen molar-refractivity contribution in [2.75, 3.05) is 13.1 Å². The minimum atomic E-state index is -4.86. The normalized spacial score (nSPS) is 31.2. The van der Waals surface area contributed by atoms with E-state index < -0.39 is 52.5 Å². The van der Waals surface area contributed by atoms with Gasteiger partial charge in [-0.15, -0.1) is 4.28 Å². The van der Waals surface area contributed by atoms with Gasteiger partial charge in [-0.2, -0.15) is 13.5 Å². The lowest BCUT2D eigenvalue weighted by atomic mass is 10.0. The lowest BCUT2D eigenvalue weighted by Crippen LogP contribution is -2.56. The lowest BCUT2D eigenvalue weighted by molar-refractivity contribution is -0.132. The predicted molar refractivity (Wildman–Crippen MR) is 82.1 cm³/mol. The number of aliphatic hydroxyl groups excluding tert-OH is 1. The lowest BCUT2D eigenvalue weighted by Gasteiger charge is -2.29. The zero-order valence-electron chi connectivity index (χ0n) is 13.5. The molecule has 3 aliphatic rings. The van der Waals surface area contributed by atoms with Crippen LogP contribution >= 0.6 is 0 Å². The summed E-state index contributed by atoms with van der Waals surface area (Å²) in [5.41, 5.74) is 4.46. The van der Waals surface area contributed by atoms with Crippen molar-refractivity contribution in [1.82, 2.24) is 26.1 Å². The fraction of sp³-hybridized carbons (Fsp3) is 0.750. The van der Waals surface area contributed by atoms with Crippen molar-refractivity contribution in [1.29, 1.82) is 0 Å². The number of carbonyl (C=O) groups excluding carboxylic acids is 3. The minimum absolute atomic E-state index is 0.0523. The average molecular weight is 393 g/mol. The molecule has 14 heteroatoms. The molecule has 3 aliphatic heterocycles. The molecule has 0 aliphatic carbocycles. The molecular weight excluding hydrogens is 374 g/mol. The number of carbonyl (C=O) groups is 3. The third kappa shape index (κ3) is 3.88. The van der Waals surface area contributed by atoms with Gasteiger partial charge in [0.1, 0.15) is 6.04 Å². The van der Waals surface area contributed by atoms with Gasteiger partial charge in [0.25, 0.3) is 11.8 Å². The number of nitrogens with one attached hydrogen (secondary N) is 3.